The van der Waals surface area contributed by atoms with E-state index in [0.29, 0.717) is 32.8 Å². The van der Waals surface area contributed by atoms with Crippen LogP contribution in [0, 0.1) is 22.7 Å². The summed E-state index contributed by atoms with van der Waals surface area (Å²) >= 11 is 14.9. The van der Waals surface area contributed by atoms with Gasteiger partial charge < -0.3 is 10.6 Å². The molecular formula is C28H27Cl2N3O2S2. The second-order valence-electron chi connectivity index (χ2n) is 10.1. The number of carbonyl (C=O) groups is 2. The van der Waals surface area contributed by atoms with Crippen LogP contribution >= 0.6 is 46.3 Å². The van der Waals surface area contributed by atoms with Gasteiger partial charge >= 0.3 is 0 Å². The summed E-state index contributed by atoms with van der Waals surface area (Å²) in [6.45, 7) is 6.78. The van der Waals surface area contributed by atoms with E-state index in [0.717, 1.165) is 29.7 Å². The SMILES string of the molecule is CC(C)(C)C1CCc2c(sc(NC(=O)CSc3cccc(NC(=O)c4ccc(Cl)cc4Cl)c3)c2C#N)C1. The number of carbonyl (C=O) groups excluding carboxylic acids is 2. The van der Waals surface area contributed by atoms with E-state index in [-0.39, 0.29) is 28.0 Å². The number of benzene rings is 2. The summed E-state index contributed by atoms with van der Waals surface area (Å²) in [7, 11) is 0. The first-order valence-corrected chi connectivity index (χ1v) is 14.4. The number of fused-ring (bicyclic) bond motifs is 1. The lowest BCUT2D eigenvalue weighted by Gasteiger charge is -2.33. The maximum Gasteiger partial charge on any atom is 0.257 e. The van der Waals surface area contributed by atoms with E-state index < -0.39 is 0 Å². The van der Waals surface area contributed by atoms with Gasteiger partial charge in [-0.25, -0.2) is 0 Å². The summed E-state index contributed by atoms with van der Waals surface area (Å²) in [6.07, 6.45) is 2.88. The Balaban J connectivity index is 1.38. The fraction of sp³-hybridized carbons (Fsp3) is 0.321. The van der Waals surface area contributed by atoms with E-state index in [1.54, 1.807) is 24.3 Å². The van der Waals surface area contributed by atoms with Crippen LogP contribution in [-0.4, -0.2) is 17.6 Å². The zero-order valence-electron chi connectivity index (χ0n) is 20.8. The summed E-state index contributed by atoms with van der Waals surface area (Å²) in [5.41, 5.74) is 2.83. The topological polar surface area (TPSA) is 82.0 Å². The van der Waals surface area contributed by atoms with Crippen molar-refractivity contribution in [1.29, 1.82) is 5.26 Å². The number of nitrogens with one attached hydrogen (secondary N) is 2. The van der Waals surface area contributed by atoms with Crippen LogP contribution in [0.15, 0.2) is 47.4 Å². The Kier molecular flexibility index (Phi) is 8.55. The van der Waals surface area contributed by atoms with Gasteiger partial charge in [-0.2, -0.15) is 5.26 Å². The maximum absolute atomic E-state index is 12.8. The molecule has 5 nitrogen and oxygen atoms in total. The molecule has 0 radical (unpaired) electrons. The van der Waals surface area contributed by atoms with Gasteiger partial charge in [0.2, 0.25) is 5.91 Å². The molecule has 0 saturated heterocycles. The first-order chi connectivity index (χ1) is 17.5. The second-order valence-corrected chi connectivity index (χ2v) is 13.1. The molecule has 2 aromatic carbocycles. The van der Waals surface area contributed by atoms with Crippen LogP contribution in [0.1, 0.15) is 53.6 Å². The van der Waals surface area contributed by atoms with E-state index in [9.17, 15) is 14.9 Å². The summed E-state index contributed by atoms with van der Waals surface area (Å²) in [4.78, 5) is 27.4. The number of nitrogens with zero attached hydrogens (tertiary/aromatic N) is 1. The van der Waals surface area contributed by atoms with Crippen LogP contribution in [0.5, 0.6) is 0 Å². The highest BCUT2D eigenvalue weighted by molar-refractivity contribution is 8.00. The van der Waals surface area contributed by atoms with Crippen molar-refractivity contribution < 1.29 is 9.59 Å². The normalized spacial score (nSPS) is 15.0. The van der Waals surface area contributed by atoms with Gasteiger partial charge in [-0.1, -0.05) is 50.0 Å². The first-order valence-electron chi connectivity index (χ1n) is 11.9. The monoisotopic (exact) mass is 571 g/mol. The molecule has 4 rings (SSSR count). The maximum atomic E-state index is 12.8. The first kappa shape index (κ1) is 27.5. The summed E-state index contributed by atoms with van der Waals surface area (Å²) in [6, 6.07) is 14.3. The van der Waals surface area contributed by atoms with Crippen molar-refractivity contribution in [3.8, 4) is 6.07 Å². The number of halogens is 2. The molecule has 0 bridgehead atoms. The van der Waals surface area contributed by atoms with Crippen LogP contribution in [0.3, 0.4) is 0 Å². The zero-order chi connectivity index (χ0) is 26.7. The molecule has 0 spiro atoms. The molecule has 0 saturated carbocycles. The van der Waals surface area contributed by atoms with E-state index >= 15 is 0 Å². The summed E-state index contributed by atoms with van der Waals surface area (Å²) < 4.78 is 0. The van der Waals surface area contributed by atoms with Crippen LogP contribution in [0.25, 0.3) is 0 Å². The van der Waals surface area contributed by atoms with Crippen molar-refractivity contribution >= 4 is 68.8 Å². The third-order valence-electron chi connectivity index (χ3n) is 6.49. The third-order valence-corrected chi connectivity index (χ3v) is 9.20. The van der Waals surface area contributed by atoms with Gasteiger partial charge in [-0.15, -0.1) is 23.1 Å². The lowest BCUT2D eigenvalue weighted by Crippen LogP contribution is -2.26. The third kappa shape index (κ3) is 6.69. The smallest absolute Gasteiger partial charge is 0.257 e. The Morgan fingerprint density at radius 3 is 2.65 bits per heavy atom. The molecule has 1 aromatic heterocycles. The van der Waals surface area contributed by atoms with Gasteiger partial charge in [-0.05, 0) is 72.6 Å². The molecule has 192 valence electrons. The van der Waals surface area contributed by atoms with Crippen molar-refractivity contribution in [2.24, 2.45) is 11.3 Å². The second kappa shape index (κ2) is 11.5. The lowest BCUT2D eigenvalue weighted by molar-refractivity contribution is -0.113. The number of anilines is 2. The minimum Gasteiger partial charge on any atom is -0.322 e. The van der Waals surface area contributed by atoms with Gasteiger partial charge in [0.05, 0.1) is 21.9 Å². The minimum absolute atomic E-state index is 0.171. The van der Waals surface area contributed by atoms with Crippen LogP contribution < -0.4 is 10.6 Å². The molecule has 3 aromatic rings. The van der Waals surface area contributed by atoms with Crippen molar-refractivity contribution in [1.82, 2.24) is 0 Å². The number of rotatable bonds is 6. The van der Waals surface area contributed by atoms with E-state index in [2.05, 4.69) is 37.5 Å². The number of hydrogen-bond donors (Lipinski definition) is 2. The van der Waals surface area contributed by atoms with E-state index in [1.807, 2.05) is 12.1 Å². The Hall–Kier alpha value is -2.50. The minimum atomic E-state index is -0.346. The number of thioether (sulfide) groups is 1. The van der Waals surface area contributed by atoms with E-state index in [1.165, 1.54) is 34.0 Å². The average Bonchev–Trinajstić information content (AvgIpc) is 3.18. The fourth-order valence-corrected chi connectivity index (χ4v) is 6.92. The van der Waals surface area contributed by atoms with Gasteiger partial charge in [0, 0.05) is 20.5 Å². The van der Waals surface area contributed by atoms with Gasteiger partial charge in [0.15, 0.2) is 0 Å². The molecule has 1 aliphatic carbocycles. The van der Waals surface area contributed by atoms with Crippen LogP contribution in [0.2, 0.25) is 10.0 Å². The molecule has 2 N–H and O–H groups in total. The molecule has 9 heteroatoms. The average molecular weight is 573 g/mol. The number of thiophene rings is 1. The molecule has 2 amide bonds. The van der Waals surface area contributed by atoms with Crippen molar-refractivity contribution in [3.63, 3.8) is 0 Å². The molecule has 1 aliphatic rings. The predicted molar refractivity (Wildman–Crippen MR) is 154 cm³/mol. The van der Waals surface area contributed by atoms with Crippen LogP contribution in [-0.2, 0) is 17.6 Å². The highest BCUT2D eigenvalue weighted by Crippen LogP contribution is 2.44. The Morgan fingerprint density at radius 2 is 1.95 bits per heavy atom. The molecule has 1 unspecified atom stereocenters. The largest absolute Gasteiger partial charge is 0.322 e. The summed E-state index contributed by atoms with van der Waals surface area (Å²) in [5, 5.41) is 16.9. The van der Waals surface area contributed by atoms with Crippen molar-refractivity contribution in [2.45, 2.75) is 44.9 Å². The van der Waals surface area contributed by atoms with Gasteiger partial charge in [-0.3, -0.25) is 9.59 Å². The highest BCUT2D eigenvalue weighted by Gasteiger charge is 2.32. The molecule has 0 aliphatic heterocycles. The van der Waals surface area contributed by atoms with Crippen molar-refractivity contribution in [3.05, 3.63) is 74.1 Å². The fourth-order valence-electron chi connectivity index (χ4n) is 4.38. The lowest BCUT2D eigenvalue weighted by atomic mass is 9.72. The molecular weight excluding hydrogens is 545 g/mol. The molecule has 37 heavy (non-hydrogen) atoms. The Morgan fingerprint density at radius 1 is 1.16 bits per heavy atom. The molecule has 1 heterocycles. The zero-order valence-corrected chi connectivity index (χ0v) is 23.9. The molecule has 0 fully saturated rings. The predicted octanol–water partition coefficient (Wildman–Crippen LogP) is 8.06. The van der Waals surface area contributed by atoms with Gasteiger partial charge in [0.25, 0.3) is 5.91 Å². The Bertz CT molecular complexity index is 1390. The number of nitriles is 1. The standard InChI is InChI=1S/C28H27Cl2N3O2S2/c1-28(2,3)16-7-9-20-22(14-31)27(37-24(20)11-16)33-25(34)15-36-19-6-4-5-18(13-19)32-26(35)21-10-8-17(29)12-23(21)30/h4-6,8,10,12-13,16H,7,9,11,15H2,1-3H3,(H,32,35)(H,33,34). The number of hydrogen-bond acceptors (Lipinski definition) is 5. The molecule has 1 atom stereocenters. The Labute approximate surface area is 235 Å². The van der Waals surface area contributed by atoms with E-state index in [4.69, 9.17) is 23.2 Å². The van der Waals surface area contributed by atoms with Gasteiger partial charge in [0.1, 0.15) is 11.1 Å². The highest BCUT2D eigenvalue weighted by atomic mass is 35.5. The van der Waals surface area contributed by atoms with Crippen molar-refractivity contribution in [2.75, 3.05) is 16.4 Å². The summed E-state index contributed by atoms with van der Waals surface area (Å²) in [5.74, 6) is 0.224. The van der Waals surface area contributed by atoms with Crippen LogP contribution in [0.4, 0.5) is 10.7 Å². The quantitative estimate of drug-likeness (QED) is 0.293. The number of amides is 2.